The smallest absolute Gasteiger partial charge is 0.274 e. The lowest BCUT2D eigenvalue weighted by Gasteiger charge is -2.22. The molecule has 116 valence electrons. The number of aromatic amines is 1. The third-order valence-electron chi connectivity index (χ3n) is 4.03. The molecule has 0 saturated carbocycles. The number of aryl methyl sites for hydroxylation is 1. The SMILES string of the molecule is Cc1[nH]c(-c2cccc(Cl)c2)nc1C(=O)N1CCC[C@@H]1CO. The fraction of sp³-hybridized carbons (Fsp3) is 0.375. The molecule has 0 spiro atoms. The summed E-state index contributed by atoms with van der Waals surface area (Å²) in [6, 6.07) is 7.24. The lowest BCUT2D eigenvalue weighted by molar-refractivity contribution is 0.0671. The molecule has 1 aromatic heterocycles. The number of likely N-dealkylation sites (tertiary alicyclic amines) is 1. The Kier molecular flexibility index (Phi) is 4.18. The average molecular weight is 320 g/mol. The van der Waals surface area contributed by atoms with Gasteiger partial charge in [0.2, 0.25) is 0 Å². The molecule has 1 amide bonds. The summed E-state index contributed by atoms with van der Waals surface area (Å²) in [6.07, 6.45) is 1.76. The molecule has 2 N–H and O–H groups in total. The predicted molar refractivity (Wildman–Crippen MR) is 84.9 cm³/mol. The van der Waals surface area contributed by atoms with Crippen LogP contribution < -0.4 is 0 Å². The van der Waals surface area contributed by atoms with Crippen molar-refractivity contribution in [2.75, 3.05) is 13.2 Å². The van der Waals surface area contributed by atoms with Gasteiger partial charge < -0.3 is 15.0 Å². The van der Waals surface area contributed by atoms with E-state index in [9.17, 15) is 9.90 Å². The van der Waals surface area contributed by atoms with E-state index >= 15 is 0 Å². The number of aliphatic hydroxyl groups is 1. The van der Waals surface area contributed by atoms with Gasteiger partial charge in [0.25, 0.3) is 5.91 Å². The van der Waals surface area contributed by atoms with Crippen LogP contribution in [0.4, 0.5) is 0 Å². The molecule has 0 radical (unpaired) electrons. The third-order valence-corrected chi connectivity index (χ3v) is 4.27. The fourth-order valence-corrected chi connectivity index (χ4v) is 3.06. The molecule has 1 atom stereocenters. The van der Waals surface area contributed by atoms with Crippen molar-refractivity contribution in [2.45, 2.75) is 25.8 Å². The third kappa shape index (κ3) is 2.74. The number of hydrogen-bond donors (Lipinski definition) is 2. The van der Waals surface area contributed by atoms with Gasteiger partial charge in [-0.25, -0.2) is 4.98 Å². The van der Waals surface area contributed by atoms with Crippen molar-refractivity contribution in [1.82, 2.24) is 14.9 Å². The normalized spacial score (nSPS) is 18.0. The molecule has 1 aromatic carbocycles. The first kappa shape index (κ1) is 15.1. The maximum absolute atomic E-state index is 12.7. The minimum absolute atomic E-state index is 0.00361. The Morgan fingerprint density at radius 2 is 2.36 bits per heavy atom. The first-order valence-corrected chi connectivity index (χ1v) is 7.72. The summed E-state index contributed by atoms with van der Waals surface area (Å²) in [6.45, 7) is 2.50. The number of carbonyl (C=O) groups excluding carboxylic acids is 1. The van der Waals surface area contributed by atoms with Gasteiger partial charge in [0.05, 0.1) is 12.6 Å². The zero-order valence-corrected chi connectivity index (χ0v) is 13.1. The summed E-state index contributed by atoms with van der Waals surface area (Å²) < 4.78 is 0. The average Bonchev–Trinajstić information content (AvgIpc) is 3.12. The Morgan fingerprint density at radius 3 is 3.09 bits per heavy atom. The molecule has 22 heavy (non-hydrogen) atoms. The first-order chi connectivity index (χ1) is 10.6. The van der Waals surface area contributed by atoms with Crippen LogP contribution in [0.15, 0.2) is 24.3 Å². The summed E-state index contributed by atoms with van der Waals surface area (Å²) in [5, 5.41) is 10.0. The van der Waals surface area contributed by atoms with Crippen molar-refractivity contribution in [1.29, 1.82) is 0 Å². The molecule has 6 heteroatoms. The van der Waals surface area contributed by atoms with Crippen molar-refractivity contribution >= 4 is 17.5 Å². The topological polar surface area (TPSA) is 69.2 Å². The van der Waals surface area contributed by atoms with Gasteiger partial charge in [0.1, 0.15) is 11.5 Å². The molecule has 2 aromatic rings. The number of imidazole rings is 1. The Morgan fingerprint density at radius 1 is 1.55 bits per heavy atom. The van der Waals surface area contributed by atoms with E-state index in [1.54, 1.807) is 17.0 Å². The van der Waals surface area contributed by atoms with Gasteiger partial charge in [0, 0.05) is 22.8 Å². The molecular formula is C16H18ClN3O2. The van der Waals surface area contributed by atoms with Crippen LogP contribution in [0.5, 0.6) is 0 Å². The van der Waals surface area contributed by atoms with E-state index in [0.717, 1.165) is 24.1 Å². The van der Waals surface area contributed by atoms with Crippen LogP contribution in [-0.2, 0) is 0 Å². The second-order valence-corrected chi connectivity index (χ2v) is 5.98. The Hall–Kier alpha value is -1.85. The van der Waals surface area contributed by atoms with E-state index in [4.69, 9.17) is 11.6 Å². The summed E-state index contributed by atoms with van der Waals surface area (Å²) in [5.74, 6) is 0.502. The first-order valence-electron chi connectivity index (χ1n) is 7.34. The van der Waals surface area contributed by atoms with Crippen LogP contribution in [-0.4, -0.2) is 45.1 Å². The standard InChI is InChI=1S/C16H18ClN3O2/c1-10-14(16(22)20-7-3-6-13(20)9-21)19-15(18-10)11-4-2-5-12(17)8-11/h2,4-5,8,13,21H,3,6-7,9H2,1H3,(H,18,19)/t13-/m1/s1. The van der Waals surface area contributed by atoms with Crippen LogP contribution in [0, 0.1) is 6.92 Å². The predicted octanol–water partition coefficient (Wildman–Crippen LogP) is 2.64. The zero-order chi connectivity index (χ0) is 15.7. The van der Waals surface area contributed by atoms with Crippen molar-refractivity contribution in [3.8, 4) is 11.4 Å². The van der Waals surface area contributed by atoms with E-state index in [2.05, 4.69) is 9.97 Å². The van der Waals surface area contributed by atoms with Crippen molar-refractivity contribution in [2.24, 2.45) is 0 Å². The van der Waals surface area contributed by atoms with E-state index < -0.39 is 0 Å². The number of carbonyl (C=O) groups is 1. The molecule has 1 aliphatic rings. The second kappa shape index (κ2) is 6.10. The number of halogens is 1. The Labute approximate surface area is 133 Å². The molecular weight excluding hydrogens is 302 g/mol. The molecule has 1 fully saturated rings. The second-order valence-electron chi connectivity index (χ2n) is 5.55. The number of nitrogens with one attached hydrogen (secondary N) is 1. The van der Waals surface area contributed by atoms with Gasteiger partial charge in [0.15, 0.2) is 0 Å². The molecule has 0 bridgehead atoms. The van der Waals surface area contributed by atoms with Crippen molar-refractivity contribution in [3.63, 3.8) is 0 Å². The highest BCUT2D eigenvalue weighted by atomic mass is 35.5. The summed E-state index contributed by atoms with van der Waals surface area (Å²) in [4.78, 5) is 22.0. The number of aromatic nitrogens is 2. The molecule has 0 unspecified atom stereocenters. The maximum Gasteiger partial charge on any atom is 0.274 e. The number of hydrogen-bond acceptors (Lipinski definition) is 3. The van der Waals surface area contributed by atoms with Crippen LogP contribution in [0.3, 0.4) is 0 Å². The number of nitrogens with zero attached hydrogens (tertiary/aromatic N) is 2. The number of amides is 1. The van der Waals surface area contributed by atoms with Crippen LogP contribution >= 0.6 is 11.6 Å². The van der Waals surface area contributed by atoms with Gasteiger partial charge in [-0.05, 0) is 31.9 Å². The Bertz CT molecular complexity index is 698. The number of rotatable bonds is 3. The Balaban J connectivity index is 1.91. The zero-order valence-electron chi connectivity index (χ0n) is 12.3. The number of benzene rings is 1. The van der Waals surface area contributed by atoms with Gasteiger partial charge in [-0.15, -0.1) is 0 Å². The maximum atomic E-state index is 12.7. The van der Waals surface area contributed by atoms with Crippen molar-refractivity contribution in [3.05, 3.63) is 40.7 Å². The minimum atomic E-state index is -0.126. The molecule has 1 saturated heterocycles. The quantitative estimate of drug-likeness (QED) is 0.913. The van der Waals surface area contributed by atoms with Crippen LogP contribution in [0.1, 0.15) is 29.0 Å². The van der Waals surface area contributed by atoms with Gasteiger partial charge in [-0.1, -0.05) is 23.7 Å². The molecule has 5 nitrogen and oxygen atoms in total. The lowest BCUT2D eigenvalue weighted by Crippen LogP contribution is -2.38. The minimum Gasteiger partial charge on any atom is -0.394 e. The van der Waals surface area contributed by atoms with Crippen LogP contribution in [0.2, 0.25) is 5.02 Å². The molecule has 2 heterocycles. The van der Waals surface area contributed by atoms with Gasteiger partial charge >= 0.3 is 0 Å². The summed E-state index contributed by atoms with van der Waals surface area (Å²) >= 11 is 6.00. The largest absolute Gasteiger partial charge is 0.394 e. The van der Waals surface area contributed by atoms with Gasteiger partial charge in [-0.3, -0.25) is 4.79 Å². The summed E-state index contributed by atoms with van der Waals surface area (Å²) in [7, 11) is 0. The van der Waals surface area contributed by atoms with Crippen molar-refractivity contribution < 1.29 is 9.90 Å². The van der Waals surface area contributed by atoms with Crippen LogP contribution in [0.25, 0.3) is 11.4 Å². The van der Waals surface area contributed by atoms with Gasteiger partial charge in [-0.2, -0.15) is 0 Å². The highest BCUT2D eigenvalue weighted by molar-refractivity contribution is 6.30. The van der Waals surface area contributed by atoms with E-state index in [1.165, 1.54) is 0 Å². The molecule has 0 aliphatic carbocycles. The molecule has 3 rings (SSSR count). The highest BCUT2D eigenvalue weighted by Crippen LogP contribution is 2.24. The number of H-pyrrole nitrogens is 1. The molecule has 1 aliphatic heterocycles. The lowest BCUT2D eigenvalue weighted by atomic mass is 10.2. The van der Waals surface area contributed by atoms with E-state index in [-0.39, 0.29) is 18.6 Å². The highest BCUT2D eigenvalue weighted by Gasteiger charge is 2.31. The fourth-order valence-electron chi connectivity index (χ4n) is 2.87. The summed E-state index contributed by atoms with van der Waals surface area (Å²) in [5.41, 5.74) is 1.98. The monoisotopic (exact) mass is 319 g/mol. The van der Waals surface area contributed by atoms with E-state index in [0.29, 0.717) is 23.1 Å². The van der Waals surface area contributed by atoms with E-state index in [1.807, 2.05) is 19.1 Å². The number of aliphatic hydroxyl groups excluding tert-OH is 1.